The number of hydrogen-bond acceptors (Lipinski definition) is 7. The molecule has 1 N–H and O–H groups in total. The van der Waals surface area contributed by atoms with Gasteiger partial charge in [0.1, 0.15) is 6.61 Å². The lowest BCUT2D eigenvalue weighted by atomic mass is 10.1. The van der Waals surface area contributed by atoms with E-state index in [1.807, 2.05) is 0 Å². The van der Waals surface area contributed by atoms with Crippen molar-refractivity contribution in [1.82, 2.24) is 0 Å². The van der Waals surface area contributed by atoms with Gasteiger partial charge in [0, 0.05) is 20.0 Å². The van der Waals surface area contributed by atoms with Crippen LogP contribution in [0.25, 0.3) is 0 Å². The lowest BCUT2D eigenvalue weighted by Gasteiger charge is -2.19. The lowest BCUT2D eigenvalue weighted by molar-refractivity contribution is -0.161. The van der Waals surface area contributed by atoms with Gasteiger partial charge in [-0.3, -0.25) is 18.6 Å². The molecule has 0 aliphatic heterocycles. The Labute approximate surface area is 323 Å². The highest BCUT2D eigenvalue weighted by Crippen LogP contribution is 2.42. The minimum atomic E-state index is -4.27. The topological polar surface area (TPSA) is 108 Å². The van der Waals surface area contributed by atoms with E-state index in [4.69, 9.17) is 14.0 Å². The highest BCUT2D eigenvalue weighted by molar-refractivity contribution is 7.47. The van der Waals surface area contributed by atoms with E-state index in [2.05, 4.69) is 103 Å². The molecular weight excluding hydrogens is 687 g/mol. The van der Waals surface area contributed by atoms with Crippen molar-refractivity contribution in [2.75, 3.05) is 20.3 Å². The summed E-state index contributed by atoms with van der Waals surface area (Å²) in [4.78, 5) is 34.4. The number of rotatable bonds is 36. The van der Waals surface area contributed by atoms with Crippen LogP contribution < -0.4 is 0 Å². The summed E-state index contributed by atoms with van der Waals surface area (Å²) in [6.45, 7) is 3.62. The predicted octanol–water partition coefficient (Wildman–Crippen LogP) is 12.7. The summed E-state index contributed by atoms with van der Waals surface area (Å²) in [6.07, 6.45) is 50.6. The molecular formula is C44H73O8P. The Hall–Kier alpha value is -2.77. The molecule has 0 fully saturated rings. The molecule has 2 unspecified atom stereocenters. The normalized spacial score (nSPS) is 14.3. The van der Waals surface area contributed by atoms with E-state index in [-0.39, 0.29) is 19.4 Å². The van der Waals surface area contributed by atoms with E-state index in [9.17, 15) is 19.0 Å². The molecule has 2 atom stereocenters. The van der Waals surface area contributed by atoms with E-state index in [0.717, 1.165) is 123 Å². The summed E-state index contributed by atoms with van der Waals surface area (Å²) in [5.41, 5.74) is 0. The van der Waals surface area contributed by atoms with E-state index >= 15 is 0 Å². The average Bonchev–Trinajstić information content (AvgIpc) is 3.15. The van der Waals surface area contributed by atoms with Gasteiger partial charge in [-0.2, -0.15) is 0 Å². The van der Waals surface area contributed by atoms with Crippen molar-refractivity contribution in [3.63, 3.8) is 0 Å². The van der Waals surface area contributed by atoms with E-state index in [1.165, 1.54) is 0 Å². The van der Waals surface area contributed by atoms with Gasteiger partial charge in [-0.15, -0.1) is 0 Å². The van der Waals surface area contributed by atoms with Crippen molar-refractivity contribution in [3.8, 4) is 0 Å². The zero-order valence-electron chi connectivity index (χ0n) is 33.4. The van der Waals surface area contributed by atoms with Crippen molar-refractivity contribution >= 4 is 19.8 Å². The fourth-order valence-electron chi connectivity index (χ4n) is 5.07. The van der Waals surface area contributed by atoms with Crippen molar-refractivity contribution in [3.05, 3.63) is 85.1 Å². The summed E-state index contributed by atoms with van der Waals surface area (Å²) in [5.74, 6) is -0.849. The molecule has 0 aliphatic rings. The molecule has 0 amide bonds. The van der Waals surface area contributed by atoms with Gasteiger partial charge in [0.05, 0.1) is 6.61 Å². The van der Waals surface area contributed by atoms with Gasteiger partial charge in [0.25, 0.3) is 0 Å². The highest BCUT2D eigenvalue weighted by atomic mass is 31.2. The minimum absolute atomic E-state index is 0.219. The van der Waals surface area contributed by atoms with Gasteiger partial charge >= 0.3 is 19.8 Å². The van der Waals surface area contributed by atoms with Gasteiger partial charge in [0.2, 0.25) is 0 Å². The molecule has 0 bridgehead atoms. The number of esters is 2. The lowest BCUT2D eigenvalue weighted by Crippen LogP contribution is -2.29. The van der Waals surface area contributed by atoms with Crippen molar-refractivity contribution in [2.24, 2.45) is 0 Å². The third kappa shape index (κ3) is 38.8. The van der Waals surface area contributed by atoms with Gasteiger partial charge < -0.3 is 14.4 Å². The van der Waals surface area contributed by atoms with Crippen LogP contribution in [-0.4, -0.2) is 43.3 Å². The number of unbranched alkanes of at least 4 members (excludes halogenated alkanes) is 11. The molecule has 8 nitrogen and oxygen atoms in total. The minimum Gasteiger partial charge on any atom is -0.462 e. The maximum absolute atomic E-state index is 12.5. The summed E-state index contributed by atoms with van der Waals surface area (Å²) in [5, 5.41) is 0. The molecule has 0 radical (unpaired) electrons. The second kappa shape index (κ2) is 38.9. The summed E-state index contributed by atoms with van der Waals surface area (Å²) in [7, 11) is -3.22. The quantitative estimate of drug-likeness (QED) is 0.0291. The van der Waals surface area contributed by atoms with Crippen LogP contribution in [0.2, 0.25) is 0 Å². The van der Waals surface area contributed by atoms with E-state index in [1.54, 1.807) is 0 Å². The van der Waals surface area contributed by atoms with Gasteiger partial charge in [-0.1, -0.05) is 144 Å². The Kier molecular flexibility index (Phi) is 36.9. The molecule has 0 saturated heterocycles. The van der Waals surface area contributed by atoms with Crippen LogP contribution in [0, 0.1) is 0 Å². The van der Waals surface area contributed by atoms with Crippen LogP contribution in [-0.2, 0) is 32.7 Å². The van der Waals surface area contributed by atoms with Crippen LogP contribution >= 0.6 is 7.82 Å². The third-order valence-electron chi connectivity index (χ3n) is 8.13. The molecule has 9 heteroatoms. The Morgan fingerprint density at radius 1 is 0.528 bits per heavy atom. The third-order valence-corrected chi connectivity index (χ3v) is 9.07. The number of phosphoric ester groups is 1. The Morgan fingerprint density at radius 2 is 0.906 bits per heavy atom. The molecule has 0 spiro atoms. The van der Waals surface area contributed by atoms with Gasteiger partial charge in [-0.25, -0.2) is 4.57 Å². The monoisotopic (exact) mass is 761 g/mol. The number of carbonyl (C=O) groups is 2. The maximum Gasteiger partial charge on any atom is 0.472 e. The Balaban J connectivity index is 4.10. The largest absolute Gasteiger partial charge is 0.472 e. The number of ether oxygens (including phenoxy) is 2. The van der Waals surface area contributed by atoms with Crippen molar-refractivity contribution in [1.29, 1.82) is 0 Å². The number of phosphoric acid groups is 1. The first-order chi connectivity index (χ1) is 25.8. The van der Waals surface area contributed by atoms with Crippen LogP contribution in [0.5, 0.6) is 0 Å². The second-order valence-electron chi connectivity index (χ2n) is 13.0. The van der Waals surface area contributed by atoms with Crippen LogP contribution in [0.1, 0.15) is 155 Å². The maximum atomic E-state index is 12.5. The van der Waals surface area contributed by atoms with E-state index < -0.39 is 32.5 Å². The van der Waals surface area contributed by atoms with Gasteiger partial charge in [-0.05, 0) is 83.5 Å². The second-order valence-corrected chi connectivity index (χ2v) is 14.6. The van der Waals surface area contributed by atoms with Crippen LogP contribution in [0.4, 0.5) is 0 Å². The molecule has 302 valence electrons. The molecule has 0 saturated carbocycles. The first-order valence-corrected chi connectivity index (χ1v) is 21.8. The number of carbonyl (C=O) groups excluding carboxylic acids is 2. The van der Waals surface area contributed by atoms with E-state index in [0.29, 0.717) is 12.8 Å². The first kappa shape index (κ1) is 50.2. The summed E-state index contributed by atoms with van der Waals surface area (Å²) >= 11 is 0. The number of hydrogen-bond donors (Lipinski definition) is 1. The molecule has 0 aliphatic carbocycles. The zero-order chi connectivity index (χ0) is 38.9. The first-order valence-electron chi connectivity index (χ1n) is 20.3. The van der Waals surface area contributed by atoms with Crippen LogP contribution in [0.15, 0.2) is 85.1 Å². The standard InChI is InChI=1S/C44H73O8P/c1-4-6-8-10-12-14-16-18-20-21-22-23-25-27-29-31-33-35-37-39-44(46)52-42(41-51-53(47,48)49-3)40-50-43(45)38-36-34-32-30-28-26-24-19-17-15-13-11-9-7-5-2/h6-9,12-15,18-20,22-24,42H,4-5,10-11,16-17,21,25-41H2,1-3H3,(H,47,48)/b8-6-,9-7-,14-12-,15-13-,20-18-,23-22-,24-19-. The van der Waals surface area contributed by atoms with Crippen molar-refractivity contribution < 1.29 is 37.6 Å². The smallest absolute Gasteiger partial charge is 0.462 e. The zero-order valence-corrected chi connectivity index (χ0v) is 34.3. The molecule has 0 aromatic carbocycles. The summed E-state index contributed by atoms with van der Waals surface area (Å²) < 4.78 is 31.9. The molecule has 0 rings (SSSR count). The molecule has 0 aromatic heterocycles. The molecule has 0 heterocycles. The van der Waals surface area contributed by atoms with Gasteiger partial charge in [0.15, 0.2) is 6.10 Å². The Bertz CT molecular complexity index is 1130. The fourth-order valence-corrected chi connectivity index (χ4v) is 5.53. The number of allylic oxidation sites excluding steroid dienone is 14. The highest BCUT2D eigenvalue weighted by Gasteiger charge is 2.24. The molecule has 0 aromatic rings. The van der Waals surface area contributed by atoms with Crippen molar-refractivity contribution in [2.45, 2.75) is 161 Å². The predicted molar refractivity (Wildman–Crippen MR) is 221 cm³/mol. The molecule has 53 heavy (non-hydrogen) atoms. The Morgan fingerprint density at radius 3 is 1.34 bits per heavy atom. The van der Waals surface area contributed by atoms with Crippen LogP contribution in [0.3, 0.4) is 0 Å². The fraction of sp³-hybridized carbons (Fsp3) is 0.636. The summed E-state index contributed by atoms with van der Waals surface area (Å²) in [6, 6.07) is 0. The SMILES string of the molecule is CC/C=C\C/C=C\C/C=C\C/C=C\CCCCCCCCC(=O)OC(COC(=O)CCCCCCC/C=C\C/C=C\C/C=C\CC)COP(=O)(O)OC. The average molecular weight is 761 g/mol.